The van der Waals surface area contributed by atoms with Gasteiger partial charge in [0.15, 0.2) is 11.0 Å². The molecular weight excluding hydrogens is 367 g/mol. The van der Waals surface area contributed by atoms with E-state index in [9.17, 15) is 4.39 Å². The summed E-state index contributed by atoms with van der Waals surface area (Å²) in [5.74, 6) is 1.37. The van der Waals surface area contributed by atoms with Crippen LogP contribution in [0.5, 0.6) is 11.5 Å². The Morgan fingerprint density at radius 1 is 1.15 bits per heavy atom. The molecule has 1 aromatic heterocycles. The number of hydrogen-bond acceptors (Lipinski definition) is 6. The van der Waals surface area contributed by atoms with Crippen molar-refractivity contribution < 1.29 is 13.9 Å². The molecule has 0 bridgehead atoms. The zero-order chi connectivity index (χ0) is 19.2. The van der Waals surface area contributed by atoms with Crippen LogP contribution in [0, 0.1) is 17.1 Å². The minimum atomic E-state index is -0.408. The van der Waals surface area contributed by atoms with Crippen LogP contribution in [-0.2, 0) is 6.61 Å². The molecule has 0 aliphatic carbocycles. The molecule has 0 saturated heterocycles. The third-order valence-corrected chi connectivity index (χ3v) is 4.62. The maximum Gasteiger partial charge on any atom is 0.197 e. The molecule has 0 aliphatic heterocycles. The van der Waals surface area contributed by atoms with Gasteiger partial charge in [-0.05, 0) is 43.3 Å². The van der Waals surface area contributed by atoms with Crippen LogP contribution in [0.2, 0.25) is 0 Å². The molecule has 0 saturated carbocycles. The van der Waals surface area contributed by atoms with Crippen molar-refractivity contribution in [2.45, 2.75) is 23.9 Å². The van der Waals surface area contributed by atoms with Crippen LogP contribution in [-0.4, -0.2) is 27.1 Å². The van der Waals surface area contributed by atoms with Crippen molar-refractivity contribution in [2.75, 3.05) is 7.11 Å². The molecule has 0 fully saturated rings. The van der Waals surface area contributed by atoms with Gasteiger partial charge in [0, 0.05) is 0 Å². The summed E-state index contributed by atoms with van der Waals surface area (Å²) in [4.78, 5) is 0. The fourth-order valence-corrected chi connectivity index (χ4v) is 3.12. The van der Waals surface area contributed by atoms with E-state index in [4.69, 9.17) is 14.7 Å². The van der Waals surface area contributed by atoms with Crippen molar-refractivity contribution in [3.63, 3.8) is 0 Å². The quantitative estimate of drug-likeness (QED) is 0.574. The maximum atomic E-state index is 14.4. The number of halogens is 1. The van der Waals surface area contributed by atoms with Crippen molar-refractivity contribution >= 4 is 11.8 Å². The van der Waals surface area contributed by atoms with Gasteiger partial charge in [-0.2, -0.15) is 5.26 Å². The Labute approximate surface area is 160 Å². The molecule has 3 aromatic rings. The Morgan fingerprint density at radius 2 is 1.85 bits per heavy atom. The van der Waals surface area contributed by atoms with E-state index < -0.39 is 5.82 Å². The third-order valence-electron chi connectivity index (χ3n) is 3.69. The number of methoxy groups -OCH3 is 1. The molecule has 1 atom stereocenters. The van der Waals surface area contributed by atoms with Crippen molar-refractivity contribution in [1.82, 2.24) is 14.8 Å². The van der Waals surface area contributed by atoms with Gasteiger partial charge in [-0.3, -0.25) is 4.57 Å². The second kappa shape index (κ2) is 8.56. The van der Waals surface area contributed by atoms with Gasteiger partial charge in [0.1, 0.15) is 23.9 Å². The van der Waals surface area contributed by atoms with E-state index in [1.807, 2.05) is 0 Å². The summed E-state index contributed by atoms with van der Waals surface area (Å²) in [5, 5.41) is 17.4. The zero-order valence-corrected chi connectivity index (χ0v) is 15.6. The lowest BCUT2D eigenvalue weighted by Crippen LogP contribution is -2.09. The molecule has 1 heterocycles. The maximum absolute atomic E-state index is 14.4. The fraction of sp³-hybridized carbons (Fsp3) is 0.211. The molecule has 0 unspecified atom stereocenters. The average molecular weight is 384 g/mol. The highest BCUT2D eigenvalue weighted by Crippen LogP contribution is 2.27. The van der Waals surface area contributed by atoms with Crippen LogP contribution >= 0.6 is 11.8 Å². The number of ether oxygens (including phenoxy) is 2. The standard InChI is InChI=1S/C19H17FN4O2S/c1-13(11-21)27-19-23-22-18(24(19)17-6-4-3-5-16(17)20)12-26-15-9-7-14(25-2)8-10-15/h3-10,13H,12H2,1-2H3/t13-/m0/s1. The lowest BCUT2D eigenvalue weighted by molar-refractivity contribution is 0.292. The number of hydrogen-bond donors (Lipinski definition) is 0. The van der Waals surface area contributed by atoms with Crippen LogP contribution in [0.3, 0.4) is 0 Å². The molecule has 3 rings (SSSR count). The molecule has 8 heteroatoms. The minimum absolute atomic E-state index is 0.0924. The van der Waals surface area contributed by atoms with E-state index in [0.717, 1.165) is 5.75 Å². The van der Waals surface area contributed by atoms with Gasteiger partial charge in [0.25, 0.3) is 0 Å². The summed E-state index contributed by atoms with van der Waals surface area (Å²) in [5.41, 5.74) is 0.309. The predicted octanol–water partition coefficient (Wildman–Crippen LogP) is 4.00. The summed E-state index contributed by atoms with van der Waals surface area (Å²) >= 11 is 1.21. The molecule has 0 radical (unpaired) electrons. The lowest BCUT2D eigenvalue weighted by atomic mass is 10.3. The van der Waals surface area contributed by atoms with Crippen molar-refractivity contribution in [3.05, 3.63) is 60.2 Å². The molecule has 0 amide bonds. The highest BCUT2D eigenvalue weighted by Gasteiger charge is 2.19. The molecule has 0 N–H and O–H groups in total. The second-order valence-electron chi connectivity index (χ2n) is 5.54. The van der Waals surface area contributed by atoms with E-state index in [1.54, 1.807) is 61.1 Å². The zero-order valence-electron chi connectivity index (χ0n) is 14.8. The number of benzene rings is 2. The predicted molar refractivity (Wildman–Crippen MR) is 99.6 cm³/mol. The Hall–Kier alpha value is -3.05. The first-order valence-corrected chi connectivity index (χ1v) is 9.02. The molecule has 138 valence electrons. The lowest BCUT2D eigenvalue weighted by Gasteiger charge is -2.12. The van der Waals surface area contributed by atoms with Gasteiger partial charge in [-0.15, -0.1) is 10.2 Å². The molecule has 0 spiro atoms. The van der Waals surface area contributed by atoms with Crippen molar-refractivity contribution in [2.24, 2.45) is 0 Å². The van der Waals surface area contributed by atoms with Gasteiger partial charge < -0.3 is 9.47 Å². The number of nitriles is 1. The largest absolute Gasteiger partial charge is 0.497 e. The van der Waals surface area contributed by atoms with Gasteiger partial charge in [0.05, 0.1) is 24.1 Å². The minimum Gasteiger partial charge on any atom is -0.497 e. The van der Waals surface area contributed by atoms with Crippen LogP contribution in [0.15, 0.2) is 53.7 Å². The second-order valence-corrected chi connectivity index (χ2v) is 6.85. The smallest absolute Gasteiger partial charge is 0.197 e. The van der Waals surface area contributed by atoms with E-state index in [0.29, 0.717) is 22.4 Å². The summed E-state index contributed by atoms with van der Waals surface area (Å²) in [6, 6.07) is 15.6. The topological polar surface area (TPSA) is 73.0 Å². The van der Waals surface area contributed by atoms with Crippen molar-refractivity contribution in [1.29, 1.82) is 5.26 Å². The first-order chi connectivity index (χ1) is 13.1. The summed E-state index contributed by atoms with van der Waals surface area (Å²) in [6.07, 6.45) is 0. The molecule has 6 nitrogen and oxygen atoms in total. The monoisotopic (exact) mass is 384 g/mol. The number of aromatic nitrogens is 3. The summed E-state index contributed by atoms with van der Waals surface area (Å²) in [6.45, 7) is 1.84. The highest BCUT2D eigenvalue weighted by molar-refractivity contribution is 8.00. The van der Waals surface area contributed by atoms with Crippen LogP contribution in [0.4, 0.5) is 4.39 Å². The number of nitrogens with zero attached hydrogens (tertiary/aromatic N) is 4. The SMILES string of the molecule is COc1ccc(OCc2nnc(S[C@@H](C)C#N)n2-c2ccccc2F)cc1. The van der Waals surface area contributed by atoms with Gasteiger partial charge >= 0.3 is 0 Å². The molecule has 0 aliphatic rings. The molecule has 27 heavy (non-hydrogen) atoms. The molecular formula is C19H17FN4O2S. The Balaban J connectivity index is 1.90. The van der Waals surface area contributed by atoms with E-state index in [2.05, 4.69) is 16.3 Å². The summed E-state index contributed by atoms with van der Waals surface area (Å²) in [7, 11) is 1.59. The number of thioether (sulfide) groups is 1. The fourth-order valence-electron chi connectivity index (χ4n) is 2.35. The van der Waals surface area contributed by atoms with E-state index >= 15 is 0 Å². The normalized spacial score (nSPS) is 11.6. The summed E-state index contributed by atoms with van der Waals surface area (Å²) < 4.78 is 26.8. The van der Waals surface area contributed by atoms with Gasteiger partial charge in [0.2, 0.25) is 0 Å². The van der Waals surface area contributed by atoms with Crippen LogP contribution in [0.25, 0.3) is 5.69 Å². The Kier molecular flexibility index (Phi) is 5.94. The van der Waals surface area contributed by atoms with Gasteiger partial charge in [-0.1, -0.05) is 23.9 Å². The van der Waals surface area contributed by atoms with E-state index in [-0.39, 0.29) is 11.9 Å². The Morgan fingerprint density at radius 3 is 2.52 bits per heavy atom. The first-order valence-electron chi connectivity index (χ1n) is 8.14. The number of para-hydroxylation sites is 1. The highest BCUT2D eigenvalue weighted by atomic mass is 32.2. The van der Waals surface area contributed by atoms with E-state index in [1.165, 1.54) is 17.8 Å². The van der Waals surface area contributed by atoms with Crippen molar-refractivity contribution in [3.8, 4) is 23.3 Å². The van der Waals surface area contributed by atoms with Crippen LogP contribution < -0.4 is 9.47 Å². The average Bonchev–Trinajstić information content (AvgIpc) is 3.09. The molecule has 2 aromatic carbocycles. The Bertz CT molecular complexity index is 953. The number of rotatable bonds is 7. The van der Waals surface area contributed by atoms with Gasteiger partial charge in [-0.25, -0.2) is 4.39 Å². The third kappa shape index (κ3) is 4.38. The van der Waals surface area contributed by atoms with Crippen LogP contribution in [0.1, 0.15) is 12.7 Å². The first kappa shape index (κ1) is 18.7.